The van der Waals surface area contributed by atoms with Crippen molar-refractivity contribution >= 4 is 5.78 Å². The van der Waals surface area contributed by atoms with Gasteiger partial charge < -0.3 is 9.47 Å². The lowest BCUT2D eigenvalue weighted by atomic mass is 9.86. The molecule has 0 spiro atoms. The van der Waals surface area contributed by atoms with Crippen LogP contribution < -0.4 is 9.47 Å². The van der Waals surface area contributed by atoms with Crippen LogP contribution in [-0.2, 0) is 5.41 Å². The van der Waals surface area contributed by atoms with Crippen molar-refractivity contribution in [3.05, 3.63) is 59.2 Å². The summed E-state index contributed by atoms with van der Waals surface area (Å²) in [5, 5.41) is 0. The number of carbonyl (C=O) groups is 1. The minimum absolute atomic E-state index is 0.00238. The van der Waals surface area contributed by atoms with Gasteiger partial charge in [0.05, 0.1) is 0 Å². The molecule has 2 aromatic rings. The summed E-state index contributed by atoms with van der Waals surface area (Å²) in [5.74, 6) is 1.34. The van der Waals surface area contributed by atoms with Crippen molar-refractivity contribution in [3.63, 3.8) is 0 Å². The zero-order valence-corrected chi connectivity index (χ0v) is 13.2. The van der Waals surface area contributed by atoms with Crippen LogP contribution in [0.25, 0.3) is 0 Å². The SMILES string of the molecule is CC(C)(C)c1ccc(C(=O)c2ccc3c(c2)OCCO3)cc1. The Morgan fingerprint density at radius 3 is 2.09 bits per heavy atom. The maximum absolute atomic E-state index is 12.6. The van der Waals surface area contributed by atoms with E-state index in [2.05, 4.69) is 20.8 Å². The van der Waals surface area contributed by atoms with Gasteiger partial charge in [-0.25, -0.2) is 0 Å². The maximum Gasteiger partial charge on any atom is 0.193 e. The molecule has 3 nitrogen and oxygen atoms in total. The van der Waals surface area contributed by atoms with Crippen molar-refractivity contribution in [3.8, 4) is 11.5 Å². The number of hydrogen-bond acceptors (Lipinski definition) is 3. The molecule has 0 saturated carbocycles. The Morgan fingerprint density at radius 2 is 1.45 bits per heavy atom. The van der Waals surface area contributed by atoms with Crippen LogP contribution in [0.4, 0.5) is 0 Å². The first-order valence-electron chi connectivity index (χ1n) is 7.50. The molecule has 0 aliphatic carbocycles. The van der Waals surface area contributed by atoms with Gasteiger partial charge in [-0.15, -0.1) is 0 Å². The van der Waals surface area contributed by atoms with E-state index in [1.807, 2.05) is 24.3 Å². The summed E-state index contributed by atoms with van der Waals surface area (Å²) in [6.45, 7) is 7.54. The highest BCUT2D eigenvalue weighted by Crippen LogP contribution is 2.31. The molecule has 22 heavy (non-hydrogen) atoms. The number of carbonyl (C=O) groups excluding carboxylic acids is 1. The molecule has 0 aromatic heterocycles. The summed E-state index contributed by atoms with van der Waals surface area (Å²) in [7, 11) is 0. The first kappa shape index (κ1) is 14.6. The molecule has 0 saturated heterocycles. The second-order valence-corrected chi connectivity index (χ2v) is 6.51. The highest BCUT2D eigenvalue weighted by atomic mass is 16.6. The molecule has 2 aromatic carbocycles. The second-order valence-electron chi connectivity index (χ2n) is 6.51. The van der Waals surface area contributed by atoms with Crippen LogP contribution in [0, 0.1) is 0 Å². The van der Waals surface area contributed by atoms with Crippen molar-refractivity contribution < 1.29 is 14.3 Å². The lowest BCUT2D eigenvalue weighted by Crippen LogP contribution is -2.16. The molecule has 3 heteroatoms. The standard InChI is InChI=1S/C19H20O3/c1-19(2,3)15-7-4-13(5-8-15)18(20)14-6-9-16-17(12-14)22-11-10-21-16/h4-9,12H,10-11H2,1-3H3. The van der Waals surface area contributed by atoms with Crippen molar-refractivity contribution in [2.45, 2.75) is 26.2 Å². The van der Waals surface area contributed by atoms with E-state index < -0.39 is 0 Å². The van der Waals surface area contributed by atoms with Gasteiger partial charge in [-0.1, -0.05) is 45.0 Å². The van der Waals surface area contributed by atoms with Gasteiger partial charge in [0, 0.05) is 11.1 Å². The molecule has 0 N–H and O–H groups in total. The van der Waals surface area contributed by atoms with E-state index in [4.69, 9.17) is 9.47 Å². The van der Waals surface area contributed by atoms with Gasteiger partial charge in [-0.3, -0.25) is 4.79 Å². The van der Waals surface area contributed by atoms with Crippen LogP contribution in [-0.4, -0.2) is 19.0 Å². The quantitative estimate of drug-likeness (QED) is 0.786. The van der Waals surface area contributed by atoms with E-state index in [9.17, 15) is 4.79 Å². The van der Waals surface area contributed by atoms with Gasteiger partial charge in [0.1, 0.15) is 13.2 Å². The van der Waals surface area contributed by atoms with Gasteiger partial charge in [-0.05, 0) is 29.2 Å². The first-order valence-corrected chi connectivity index (χ1v) is 7.50. The Balaban J connectivity index is 1.87. The minimum atomic E-state index is -0.00238. The summed E-state index contributed by atoms with van der Waals surface area (Å²) in [6, 6.07) is 13.2. The van der Waals surface area contributed by atoms with E-state index in [-0.39, 0.29) is 11.2 Å². The molecule has 0 radical (unpaired) electrons. The van der Waals surface area contributed by atoms with E-state index in [1.165, 1.54) is 5.56 Å². The van der Waals surface area contributed by atoms with E-state index in [0.717, 1.165) is 0 Å². The van der Waals surface area contributed by atoms with E-state index >= 15 is 0 Å². The third-order valence-electron chi connectivity index (χ3n) is 3.82. The number of benzene rings is 2. The zero-order chi connectivity index (χ0) is 15.7. The first-order chi connectivity index (χ1) is 10.4. The summed E-state index contributed by atoms with van der Waals surface area (Å²) in [5.41, 5.74) is 2.60. The Kier molecular flexibility index (Phi) is 3.65. The van der Waals surface area contributed by atoms with Crippen LogP contribution in [0.15, 0.2) is 42.5 Å². The number of hydrogen-bond donors (Lipinski definition) is 0. The van der Waals surface area contributed by atoms with E-state index in [0.29, 0.717) is 35.8 Å². The molecular formula is C19H20O3. The van der Waals surface area contributed by atoms with Crippen molar-refractivity contribution in [2.24, 2.45) is 0 Å². The summed E-state index contributed by atoms with van der Waals surface area (Å²) < 4.78 is 11.0. The third kappa shape index (κ3) is 2.84. The molecule has 0 amide bonds. The van der Waals surface area contributed by atoms with Crippen LogP contribution in [0.5, 0.6) is 11.5 Å². The fraction of sp³-hybridized carbons (Fsp3) is 0.316. The molecule has 1 aliphatic heterocycles. The second kappa shape index (κ2) is 5.48. The Hall–Kier alpha value is -2.29. The van der Waals surface area contributed by atoms with Gasteiger partial charge in [-0.2, -0.15) is 0 Å². The molecule has 0 fully saturated rings. The molecular weight excluding hydrogens is 276 g/mol. The number of ether oxygens (including phenoxy) is 2. The van der Waals surface area contributed by atoms with E-state index in [1.54, 1.807) is 18.2 Å². The largest absolute Gasteiger partial charge is 0.486 e. The monoisotopic (exact) mass is 296 g/mol. The number of rotatable bonds is 2. The molecule has 1 aliphatic rings. The van der Waals surface area contributed by atoms with Crippen LogP contribution in [0.3, 0.4) is 0 Å². The lowest BCUT2D eigenvalue weighted by molar-refractivity contribution is 0.103. The molecule has 0 atom stereocenters. The smallest absolute Gasteiger partial charge is 0.193 e. The Labute approximate surface area is 130 Å². The topological polar surface area (TPSA) is 35.5 Å². The Bertz CT molecular complexity index is 694. The fourth-order valence-electron chi connectivity index (χ4n) is 2.47. The van der Waals surface area contributed by atoms with Gasteiger partial charge in [0.2, 0.25) is 0 Å². The molecule has 0 bridgehead atoms. The molecule has 3 rings (SSSR count). The normalized spacial score (nSPS) is 13.8. The zero-order valence-electron chi connectivity index (χ0n) is 13.2. The highest BCUT2D eigenvalue weighted by molar-refractivity contribution is 6.09. The van der Waals surface area contributed by atoms with Crippen molar-refractivity contribution in [2.75, 3.05) is 13.2 Å². The fourth-order valence-corrected chi connectivity index (χ4v) is 2.47. The summed E-state index contributed by atoms with van der Waals surface area (Å²) in [4.78, 5) is 12.6. The summed E-state index contributed by atoms with van der Waals surface area (Å²) in [6.07, 6.45) is 0. The Morgan fingerprint density at radius 1 is 0.864 bits per heavy atom. The maximum atomic E-state index is 12.6. The number of fused-ring (bicyclic) bond motifs is 1. The molecule has 0 unspecified atom stereocenters. The van der Waals surface area contributed by atoms with Crippen molar-refractivity contribution in [1.82, 2.24) is 0 Å². The van der Waals surface area contributed by atoms with Gasteiger partial charge in [0.15, 0.2) is 17.3 Å². The van der Waals surface area contributed by atoms with Crippen LogP contribution in [0.1, 0.15) is 42.3 Å². The number of ketones is 1. The van der Waals surface area contributed by atoms with Gasteiger partial charge >= 0.3 is 0 Å². The average Bonchev–Trinajstić information content (AvgIpc) is 2.53. The average molecular weight is 296 g/mol. The molecule has 1 heterocycles. The van der Waals surface area contributed by atoms with Crippen LogP contribution >= 0.6 is 0 Å². The van der Waals surface area contributed by atoms with Crippen molar-refractivity contribution in [1.29, 1.82) is 0 Å². The van der Waals surface area contributed by atoms with Crippen LogP contribution in [0.2, 0.25) is 0 Å². The summed E-state index contributed by atoms with van der Waals surface area (Å²) >= 11 is 0. The lowest BCUT2D eigenvalue weighted by Gasteiger charge is -2.19. The highest BCUT2D eigenvalue weighted by Gasteiger charge is 2.17. The predicted octanol–water partition coefficient (Wildman–Crippen LogP) is 3.99. The third-order valence-corrected chi connectivity index (χ3v) is 3.82. The molecule has 114 valence electrons. The minimum Gasteiger partial charge on any atom is -0.486 e. The predicted molar refractivity (Wildman–Crippen MR) is 86.0 cm³/mol. The van der Waals surface area contributed by atoms with Gasteiger partial charge in [0.25, 0.3) is 0 Å².